The summed E-state index contributed by atoms with van der Waals surface area (Å²) in [4.78, 5) is 17.7. The molecule has 1 aromatic heterocycles. The first-order valence-electron chi connectivity index (χ1n) is 5.77. The molecule has 1 amide bonds. The lowest BCUT2D eigenvalue weighted by atomic mass is 10.2. The van der Waals surface area contributed by atoms with E-state index in [0.717, 1.165) is 10.0 Å². The highest BCUT2D eigenvalue weighted by atomic mass is 79.9. The van der Waals surface area contributed by atoms with Gasteiger partial charge in [-0.25, -0.2) is 4.98 Å². The average Bonchev–Trinajstić information content (AvgIpc) is 2.40. The fourth-order valence-corrected chi connectivity index (χ4v) is 2.00. The van der Waals surface area contributed by atoms with E-state index in [1.165, 1.54) is 6.20 Å². The summed E-state index contributed by atoms with van der Waals surface area (Å²) < 4.78 is 1.02. The SMILES string of the molecule is CN(Cc1ccc(Br)cc1)C(=O)c1ccnc(N)c1. The third-order valence-corrected chi connectivity index (χ3v) is 3.24. The zero-order chi connectivity index (χ0) is 13.8. The molecular weight excluding hydrogens is 306 g/mol. The molecule has 0 saturated carbocycles. The quantitative estimate of drug-likeness (QED) is 0.946. The van der Waals surface area contributed by atoms with Crippen molar-refractivity contribution in [2.75, 3.05) is 12.8 Å². The van der Waals surface area contributed by atoms with Gasteiger partial charge in [-0.15, -0.1) is 0 Å². The fourth-order valence-electron chi connectivity index (χ4n) is 1.74. The number of benzene rings is 1. The Morgan fingerprint density at radius 1 is 1.32 bits per heavy atom. The lowest BCUT2D eigenvalue weighted by molar-refractivity contribution is 0.0785. The highest BCUT2D eigenvalue weighted by Crippen LogP contribution is 2.13. The number of nitrogens with zero attached hydrogens (tertiary/aromatic N) is 2. The summed E-state index contributed by atoms with van der Waals surface area (Å²) in [5.41, 5.74) is 7.20. The maximum atomic E-state index is 12.2. The van der Waals surface area contributed by atoms with Crippen LogP contribution in [0.1, 0.15) is 15.9 Å². The second-order valence-corrected chi connectivity index (χ2v) is 5.17. The van der Waals surface area contributed by atoms with Crippen molar-refractivity contribution in [3.63, 3.8) is 0 Å². The van der Waals surface area contributed by atoms with Crippen molar-refractivity contribution in [3.8, 4) is 0 Å². The number of amides is 1. The molecule has 0 fully saturated rings. The number of nitrogen functional groups attached to an aromatic ring is 1. The molecule has 0 aliphatic heterocycles. The van der Waals surface area contributed by atoms with Crippen LogP contribution in [0.2, 0.25) is 0 Å². The van der Waals surface area contributed by atoms with Gasteiger partial charge in [0.15, 0.2) is 0 Å². The molecule has 2 rings (SSSR count). The molecule has 0 atom stereocenters. The van der Waals surface area contributed by atoms with Gasteiger partial charge in [-0.3, -0.25) is 4.79 Å². The van der Waals surface area contributed by atoms with Gasteiger partial charge < -0.3 is 10.6 Å². The maximum absolute atomic E-state index is 12.2. The standard InChI is InChI=1S/C14H14BrN3O/c1-18(9-10-2-4-12(15)5-3-10)14(19)11-6-7-17-13(16)8-11/h2-8H,9H2,1H3,(H2,16,17). The number of carbonyl (C=O) groups excluding carboxylic acids is 1. The highest BCUT2D eigenvalue weighted by molar-refractivity contribution is 9.10. The Labute approximate surface area is 120 Å². The van der Waals surface area contributed by atoms with Crippen LogP contribution >= 0.6 is 15.9 Å². The first kappa shape index (κ1) is 13.5. The molecule has 2 N–H and O–H groups in total. The van der Waals surface area contributed by atoms with Crippen molar-refractivity contribution >= 4 is 27.7 Å². The van der Waals surface area contributed by atoms with Crippen molar-refractivity contribution in [2.24, 2.45) is 0 Å². The first-order chi connectivity index (χ1) is 9.06. The summed E-state index contributed by atoms with van der Waals surface area (Å²) in [6.45, 7) is 0.550. The van der Waals surface area contributed by atoms with Gasteiger partial charge in [0.1, 0.15) is 5.82 Å². The zero-order valence-corrected chi connectivity index (χ0v) is 12.1. The molecule has 1 aromatic carbocycles. The molecule has 5 heteroatoms. The number of pyridine rings is 1. The molecule has 0 unspecified atom stereocenters. The van der Waals surface area contributed by atoms with E-state index in [0.29, 0.717) is 17.9 Å². The summed E-state index contributed by atoms with van der Waals surface area (Å²) in [6.07, 6.45) is 1.54. The minimum absolute atomic E-state index is 0.0722. The van der Waals surface area contributed by atoms with Crippen LogP contribution in [-0.4, -0.2) is 22.8 Å². The Balaban J connectivity index is 2.09. The largest absolute Gasteiger partial charge is 0.384 e. The van der Waals surface area contributed by atoms with E-state index in [1.54, 1.807) is 24.1 Å². The molecule has 4 nitrogen and oxygen atoms in total. The highest BCUT2D eigenvalue weighted by Gasteiger charge is 2.12. The molecule has 0 saturated heterocycles. The summed E-state index contributed by atoms with van der Waals surface area (Å²) in [5.74, 6) is 0.278. The molecule has 0 spiro atoms. The predicted molar refractivity (Wildman–Crippen MR) is 78.6 cm³/mol. The third-order valence-electron chi connectivity index (χ3n) is 2.71. The number of hydrogen-bond acceptors (Lipinski definition) is 3. The van der Waals surface area contributed by atoms with E-state index >= 15 is 0 Å². The van der Waals surface area contributed by atoms with E-state index < -0.39 is 0 Å². The summed E-state index contributed by atoms with van der Waals surface area (Å²) in [6, 6.07) is 11.1. The Hall–Kier alpha value is -1.88. The Kier molecular flexibility index (Phi) is 4.16. The number of anilines is 1. The second-order valence-electron chi connectivity index (χ2n) is 4.26. The van der Waals surface area contributed by atoms with Crippen LogP contribution < -0.4 is 5.73 Å². The average molecular weight is 320 g/mol. The van der Waals surface area contributed by atoms with Crippen molar-refractivity contribution in [2.45, 2.75) is 6.54 Å². The number of aromatic nitrogens is 1. The molecule has 0 aliphatic rings. The van der Waals surface area contributed by atoms with Crippen LogP contribution in [0.25, 0.3) is 0 Å². The van der Waals surface area contributed by atoms with Gasteiger partial charge in [0.25, 0.3) is 5.91 Å². The first-order valence-corrected chi connectivity index (χ1v) is 6.57. The molecule has 19 heavy (non-hydrogen) atoms. The molecule has 2 aromatic rings. The van der Waals surface area contributed by atoms with Crippen molar-refractivity contribution < 1.29 is 4.79 Å². The fraction of sp³-hybridized carbons (Fsp3) is 0.143. The van der Waals surface area contributed by atoms with Crippen LogP contribution in [0.5, 0.6) is 0 Å². The van der Waals surface area contributed by atoms with Crippen LogP contribution in [-0.2, 0) is 6.54 Å². The van der Waals surface area contributed by atoms with Gasteiger partial charge in [-0.05, 0) is 29.8 Å². The lowest BCUT2D eigenvalue weighted by Crippen LogP contribution is -2.26. The molecule has 0 radical (unpaired) electrons. The molecule has 1 heterocycles. The number of rotatable bonds is 3. The number of hydrogen-bond donors (Lipinski definition) is 1. The van der Waals surface area contributed by atoms with Gasteiger partial charge in [0, 0.05) is 29.8 Å². The van der Waals surface area contributed by atoms with Crippen LogP contribution in [0.4, 0.5) is 5.82 Å². The number of nitrogens with two attached hydrogens (primary N) is 1. The summed E-state index contributed by atoms with van der Waals surface area (Å²) >= 11 is 3.38. The van der Waals surface area contributed by atoms with Crippen LogP contribution in [0, 0.1) is 0 Å². The van der Waals surface area contributed by atoms with Gasteiger partial charge in [-0.2, -0.15) is 0 Å². The second kappa shape index (κ2) is 5.84. The summed E-state index contributed by atoms with van der Waals surface area (Å²) in [5, 5.41) is 0. The van der Waals surface area contributed by atoms with Gasteiger partial charge in [0.2, 0.25) is 0 Å². The van der Waals surface area contributed by atoms with Gasteiger partial charge in [0.05, 0.1) is 0 Å². The molecule has 0 bridgehead atoms. The van der Waals surface area contributed by atoms with Crippen LogP contribution in [0.15, 0.2) is 47.1 Å². The van der Waals surface area contributed by atoms with Crippen LogP contribution in [0.3, 0.4) is 0 Å². The minimum Gasteiger partial charge on any atom is -0.384 e. The van der Waals surface area contributed by atoms with Crippen molar-refractivity contribution in [1.82, 2.24) is 9.88 Å². The van der Waals surface area contributed by atoms with E-state index in [4.69, 9.17) is 5.73 Å². The Bertz CT molecular complexity index is 583. The van der Waals surface area contributed by atoms with Crippen molar-refractivity contribution in [1.29, 1.82) is 0 Å². The predicted octanol–water partition coefficient (Wildman–Crippen LogP) is 2.70. The zero-order valence-electron chi connectivity index (χ0n) is 10.5. The van der Waals surface area contributed by atoms with E-state index in [1.807, 2.05) is 24.3 Å². The minimum atomic E-state index is -0.0722. The summed E-state index contributed by atoms with van der Waals surface area (Å²) in [7, 11) is 1.76. The van der Waals surface area contributed by atoms with Crippen molar-refractivity contribution in [3.05, 3.63) is 58.2 Å². The maximum Gasteiger partial charge on any atom is 0.254 e. The molecular formula is C14H14BrN3O. The molecule has 0 aliphatic carbocycles. The Morgan fingerprint density at radius 3 is 2.63 bits per heavy atom. The van der Waals surface area contributed by atoms with E-state index in [-0.39, 0.29) is 5.91 Å². The van der Waals surface area contributed by atoms with E-state index in [9.17, 15) is 4.79 Å². The lowest BCUT2D eigenvalue weighted by Gasteiger charge is -2.17. The Morgan fingerprint density at radius 2 is 2.00 bits per heavy atom. The molecule has 98 valence electrons. The van der Waals surface area contributed by atoms with Gasteiger partial charge >= 0.3 is 0 Å². The monoisotopic (exact) mass is 319 g/mol. The number of carbonyl (C=O) groups is 1. The van der Waals surface area contributed by atoms with E-state index in [2.05, 4.69) is 20.9 Å². The van der Waals surface area contributed by atoms with Gasteiger partial charge in [-0.1, -0.05) is 28.1 Å². The topological polar surface area (TPSA) is 59.2 Å². The smallest absolute Gasteiger partial charge is 0.254 e. The number of halogens is 1. The normalized spacial score (nSPS) is 10.2. The third kappa shape index (κ3) is 3.54.